The zero-order chi connectivity index (χ0) is 11.6. The van der Waals surface area contributed by atoms with Crippen LogP contribution in [0.4, 0.5) is 0 Å². The number of hydrogen-bond donors (Lipinski definition) is 2. The highest BCUT2D eigenvalue weighted by Crippen LogP contribution is 2.42. The third-order valence-corrected chi connectivity index (χ3v) is 3.89. The highest BCUT2D eigenvalue weighted by molar-refractivity contribution is 9.10. The van der Waals surface area contributed by atoms with Crippen molar-refractivity contribution in [1.29, 1.82) is 0 Å². The molecule has 2 rings (SSSR count). The van der Waals surface area contributed by atoms with Gasteiger partial charge in [-0.25, -0.2) is 0 Å². The minimum Gasteiger partial charge on any atom is -0.465 e. The van der Waals surface area contributed by atoms with Gasteiger partial charge in [-0.1, -0.05) is 0 Å². The lowest BCUT2D eigenvalue weighted by molar-refractivity contribution is -0.0854. The van der Waals surface area contributed by atoms with Gasteiger partial charge in [0, 0.05) is 18.6 Å². The summed E-state index contributed by atoms with van der Waals surface area (Å²) >= 11 is 3.35. The average molecular weight is 290 g/mol. The molecule has 0 amide bonds. The predicted molar refractivity (Wildman–Crippen MR) is 62.9 cm³/mol. The van der Waals surface area contributed by atoms with E-state index in [9.17, 15) is 5.11 Å². The summed E-state index contributed by atoms with van der Waals surface area (Å²) in [4.78, 5) is 0. The van der Waals surface area contributed by atoms with Crippen molar-refractivity contribution in [3.05, 3.63) is 22.6 Å². The zero-order valence-electron chi connectivity index (χ0n) is 8.99. The first-order valence-electron chi connectivity index (χ1n) is 5.38. The van der Waals surface area contributed by atoms with Crippen LogP contribution in [0.1, 0.15) is 24.7 Å². The molecule has 5 heteroatoms. The maximum absolute atomic E-state index is 10.4. The maximum atomic E-state index is 10.4. The lowest BCUT2D eigenvalue weighted by atomic mass is 9.76. The first-order valence-corrected chi connectivity index (χ1v) is 6.18. The predicted octanol–water partition coefficient (Wildman–Crippen LogP) is 1.83. The topological polar surface area (TPSA) is 68.6 Å². The van der Waals surface area contributed by atoms with E-state index in [1.54, 1.807) is 12.3 Å². The van der Waals surface area contributed by atoms with Crippen LogP contribution in [0.3, 0.4) is 0 Å². The van der Waals surface area contributed by atoms with Crippen molar-refractivity contribution in [3.8, 4) is 0 Å². The zero-order valence-corrected chi connectivity index (χ0v) is 10.6. The molecule has 1 fully saturated rings. The number of hydrogen-bond acceptors (Lipinski definition) is 4. The van der Waals surface area contributed by atoms with Crippen molar-refractivity contribution in [2.45, 2.75) is 18.9 Å². The molecule has 1 aliphatic heterocycles. The summed E-state index contributed by atoms with van der Waals surface area (Å²) < 4.78 is 11.5. The van der Waals surface area contributed by atoms with Gasteiger partial charge in [-0.05, 0) is 34.8 Å². The fraction of sp³-hybridized carbons (Fsp3) is 0.636. The van der Waals surface area contributed by atoms with Gasteiger partial charge >= 0.3 is 0 Å². The van der Waals surface area contributed by atoms with Crippen LogP contribution in [-0.2, 0) is 4.74 Å². The summed E-state index contributed by atoms with van der Waals surface area (Å²) in [5.41, 5.74) is 5.38. The van der Waals surface area contributed by atoms with E-state index < -0.39 is 11.5 Å². The van der Waals surface area contributed by atoms with E-state index in [1.807, 2.05) is 0 Å². The van der Waals surface area contributed by atoms with Crippen LogP contribution in [0.25, 0.3) is 0 Å². The first kappa shape index (κ1) is 12.1. The first-order chi connectivity index (χ1) is 7.69. The Bertz CT molecular complexity index is 347. The van der Waals surface area contributed by atoms with Gasteiger partial charge in [-0.15, -0.1) is 0 Å². The highest BCUT2D eigenvalue weighted by atomic mass is 79.9. The smallest absolute Gasteiger partial charge is 0.147 e. The monoisotopic (exact) mass is 289 g/mol. The molecule has 90 valence electrons. The molecule has 2 heterocycles. The quantitative estimate of drug-likeness (QED) is 0.891. The van der Waals surface area contributed by atoms with Gasteiger partial charge in [-0.2, -0.15) is 0 Å². The summed E-state index contributed by atoms with van der Waals surface area (Å²) in [7, 11) is 0. The Labute approximate surface area is 103 Å². The molecule has 0 spiro atoms. The van der Waals surface area contributed by atoms with E-state index >= 15 is 0 Å². The van der Waals surface area contributed by atoms with E-state index in [-0.39, 0.29) is 0 Å². The molecule has 0 radical (unpaired) electrons. The molecule has 16 heavy (non-hydrogen) atoms. The van der Waals surface area contributed by atoms with E-state index in [1.165, 1.54) is 0 Å². The number of aliphatic hydroxyl groups excluding tert-OH is 1. The molecule has 3 N–H and O–H groups in total. The van der Waals surface area contributed by atoms with Crippen LogP contribution in [-0.4, -0.2) is 24.9 Å². The Balaban J connectivity index is 2.24. The lowest BCUT2D eigenvalue weighted by Gasteiger charge is -2.39. The maximum Gasteiger partial charge on any atom is 0.147 e. The molecule has 1 aliphatic rings. The molecule has 1 aromatic rings. The molecule has 1 saturated heterocycles. The van der Waals surface area contributed by atoms with Crippen molar-refractivity contribution in [2.75, 3.05) is 19.8 Å². The Morgan fingerprint density at radius 2 is 2.44 bits per heavy atom. The molecule has 4 nitrogen and oxygen atoms in total. The van der Waals surface area contributed by atoms with Gasteiger partial charge in [0.15, 0.2) is 0 Å². The number of aliphatic hydroxyl groups is 1. The van der Waals surface area contributed by atoms with Crippen molar-refractivity contribution in [3.63, 3.8) is 0 Å². The molecule has 0 aromatic carbocycles. The number of ether oxygens (including phenoxy) is 1. The van der Waals surface area contributed by atoms with Crippen LogP contribution < -0.4 is 5.73 Å². The van der Waals surface area contributed by atoms with Gasteiger partial charge in [0.2, 0.25) is 0 Å². The van der Waals surface area contributed by atoms with E-state index in [4.69, 9.17) is 14.9 Å². The Hall–Kier alpha value is -0.360. The van der Waals surface area contributed by atoms with Crippen molar-refractivity contribution >= 4 is 15.9 Å². The normalized spacial score (nSPS) is 27.9. The average Bonchev–Trinajstić information content (AvgIpc) is 2.75. The van der Waals surface area contributed by atoms with Crippen molar-refractivity contribution in [2.24, 2.45) is 11.1 Å². The van der Waals surface area contributed by atoms with E-state index in [0.29, 0.717) is 18.9 Å². The molecular formula is C11H16BrNO3. The van der Waals surface area contributed by atoms with Crippen LogP contribution in [0.5, 0.6) is 0 Å². The molecule has 1 aromatic heterocycles. The third-order valence-electron chi connectivity index (χ3n) is 3.23. The summed E-state index contributed by atoms with van der Waals surface area (Å²) in [5, 5.41) is 10.4. The van der Waals surface area contributed by atoms with Gasteiger partial charge in [0.25, 0.3) is 0 Å². The third kappa shape index (κ3) is 2.05. The van der Waals surface area contributed by atoms with Crippen LogP contribution in [0.15, 0.2) is 21.2 Å². The highest BCUT2D eigenvalue weighted by Gasteiger charge is 2.41. The fourth-order valence-corrected chi connectivity index (χ4v) is 2.56. The summed E-state index contributed by atoms with van der Waals surface area (Å²) in [6.45, 7) is 1.62. The minimum absolute atomic E-state index is 0.390. The molecule has 2 unspecified atom stereocenters. The van der Waals surface area contributed by atoms with Gasteiger partial charge in [0.1, 0.15) is 11.9 Å². The Morgan fingerprint density at radius 1 is 1.62 bits per heavy atom. The second kappa shape index (κ2) is 4.87. The Kier molecular flexibility index (Phi) is 3.69. The number of furan rings is 1. The summed E-state index contributed by atoms with van der Waals surface area (Å²) in [5.74, 6) is 0.538. The van der Waals surface area contributed by atoms with Gasteiger partial charge in [-0.3, -0.25) is 0 Å². The summed E-state index contributed by atoms with van der Waals surface area (Å²) in [6, 6.07) is 1.77. The molecule has 0 aliphatic carbocycles. The van der Waals surface area contributed by atoms with E-state index in [2.05, 4.69) is 15.9 Å². The molecule has 2 atom stereocenters. The van der Waals surface area contributed by atoms with Crippen molar-refractivity contribution < 1.29 is 14.3 Å². The largest absolute Gasteiger partial charge is 0.465 e. The number of halogens is 1. The Morgan fingerprint density at radius 3 is 2.94 bits per heavy atom. The lowest BCUT2D eigenvalue weighted by Crippen LogP contribution is -2.43. The van der Waals surface area contributed by atoms with Crippen LogP contribution in [0, 0.1) is 5.41 Å². The second-order valence-corrected chi connectivity index (χ2v) is 5.11. The molecule has 0 saturated carbocycles. The van der Waals surface area contributed by atoms with Gasteiger partial charge < -0.3 is 20.0 Å². The fourth-order valence-electron chi connectivity index (χ4n) is 2.14. The second-order valence-electron chi connectivity index (χ2n) is 4.26. The van der Waals surface area contributed by atoms with E-state index in [0.717, 1.165) is 23.9 Å². The van der Waals surface area contributed by atoms with Gasteiger partial charge in [0.05, 0.1) is 17.3 Å². The van der Waals surface area contributed by atoms with Crippen LogP contribution in [0.2, 0.25) is 0 Å². The summed E-state index contributed by atoms with van der Waals surface area (Å²) in [6.07, 6.45) is 2.61. The number of nitrogens with two attached hydrogens (primary N) is 1. The van der Waals surface area contributed by atoms with Crippen LogP contribution >= 0.6 is 15.9 Å². The number of rotatable bonds is 3. The van der Waals surface area contributed by atoms with Crippen molar-refractivity contribution in [1.82, 2.24) is 0 Å². The minimum atomic E-state index is -0.720. The molecule has 0 bridgehead atoms. The standard InChI is InChI=1S/C11H16BrNO3/c12-8-2-5-16-9(8)10(14)11(6-13)3-1-4-15-7-11/h2,5,10,14H,1,3-4,6-7,13H2. The SMILES string of the molecule is NCC1(C(O)c2occc2Br)CCCOC1. The molecular weight excluding hydrogens is 274 g/mol.